The van der Waals surface area contributed by atoms with E-state index in [1.54, 1.807) is 11.1 Å². The number of aromatic nitrogens is 2. The zero-order valence-corrected chi connectivity index (χ0v) is 14.5. The van der Waals surface area contributed by atoms with E-state index in [0.29, 0.717) is 18.8 Å². The van der Waals surface area contributed by atoms with E-state index in [2.05, 4.69) is 15.5 Å². The molecule has 1 aliphatic heterocycles. The molecule has 2 N–H and O–H groups in total. The maximum Gasteiger partial charge on any atom is 0.321 e. The van der Waals surface area contributed by atoms with Crippen LogP contribution in [0.4, 0.5) is 10.5 Å². The first-order valence-electron chi connectivity index (χ1n) is 7.75. The van der Waals surface area contributed by atoms with Crippen molar-refractivity contribution in [2.75, 3.05) is 24.2 Å². The number of fused-ring (bicyclic) bond motifs is 1. The number of amides is 2. The van der Waals surface area contributed by atoms with Gasteiger partial charge >= 0.3 is 6.03 Å². The molecule has 7 heteroatoms. The van der Waals surface area contributed by atoms with E-state index in [0.717, 1.165) is 28.6 Å². The molecule has 0 bridgehead atoms. The summed E-state index contributed by atoms with van der Waals surface area (Å²) in [5.41, 5.74) is 2.71. The molecule has 1 fully saturated rings. The van der Waals surface area contributed by atoms with Crippen molar-refractivity contribution in [1.82, 2.24) is 15.1 Å². The lowest BCUT2D eigenvalue weighted by atomic mass is 10.1. The minimum Gasteiger partial charge on any atom is -0.324 e. The van der Waals surface area contributed by atoms with E-state index in [1.807, 2.05) is 32.9 Å². The molecule has 6 nitrogen and oxygen atoms in total. The molecule has 1 saturated heterocycles. The van der Waals surface area contributed by atoms with Crippen molar-refractivity contribution in [3.8, 4) is 0 Å². The van der Waals surface area contributed by atoms with E-state index in [-0.39, 0.29) is 10.8 Å². The number of aromatic amines is 1. The van der Waals surface area contributed by atoms with Gasteiger partial charge in [-0.05, 0) is 44.9 Å². The number of nitrogens with zero attached hydrogens (tertiary/aromatic N) is 2. The van der Waals surface area contributed by atoms with E-state index in [4.69, 9.17) is 0 Å². The van der Waals surface area contributed by atoms with Gasteiger partial charge in [-0.25, -0.2) is 4.79 Å². The molecule has 0 radical (unpaired) electrons. The molecule has 1 aliphatic rings. The molecule has 0 saturated carbocycles. The summed E-state index contributed by atoms with van der Waals surface area (Å²) >= 11 is 0. The normalized spacial score (nSPS) is 21.2. The zero-order valence-electron chi connectivity index (χ0n) is 13.7. The molecule has 2 aromatic rings. The predicted octanol–water partition coefficient (Wildman–Crippen LogP) is 2.64. The lowest BCUT2D eigenvalue weighted by molar-refractivity contribution is 0.214. The monoisotopic (exact) mass is 334 g/mol. The summed E-state index contributed by atoms with van der Waals surface area (Å²) in [7, 11) is -0.903. The number of benzene rings is 1. The summed E-state index contributed by atoms with van der Waals surface area (Å²) in [6.07, 6.45) is 2.52. The number of rotatable bonds is 1. The highest BCUT2D eigenvalue weighted by Crippen LogP contribution is 2.24. The van der Waals surface area contributed by atoms with Crippen LogP contribution in [-0.4, -0.2) is 48.9 Å². The number of H-pyrrole nitrogens is 1. The lowest BCUT2D eigenvalue weighted by Gasteiger charge is -2.22. The van der Waals surface area contributed by atoms with Crippen LogP contribution in [0.3, 0.4) is 0 Å². The highest BCUT2D eigenvalue weighted by Gasteiger charge is 2.31. The van der Waals surface area contributed by atoms with Crippen molar-refractivity contribution in [3.63, 3.8) is 0 Å². The number of hydrogen-bond acceptors (Lipinski definition) is 3. The smallest absolute Gasteiger partial charge is 0.321 e. The van der Waals surface area contributed by atoms with Crippen molar-refractivity contribution in [2.45, 2.75) is 31.9 Å². The minimum absolute atomic E-state index is 0.141. The summed E-state index contributed by atoms with van der Waals surface area (Å²) in [6.45, 7) is 7.13. The number of nitrogens with one attached hydrogen (secondary N) is 2. The number of carbonyl (C=O) groups excluding carboxylic acids is 1. The number of carbonyl (C=O) groups is 1. The Balaban J connectivity index is 1.74. The lowest BCUT2D eigenvalue weighted by Crippen LogP contribution is -2.37. The average molecular weight is 334 g/mol. The number of aryl methyl sites for hydroxylation is 1. The third-order valence-corrected chi connectivity index (χ3v) is 6.44. The molecule has 2 heterocycles. The molecule has 124 valence electrons. The van der Waals surface area contributed by atoms with Crippen LogP contribution in [0.1, 0.15) is 25.8 Å². The molecule has 1 aromatic heterocycles. The van der Waals surface area contributed by atoms with Crippen LogP contribution < -0.4 is 5.32 Å². The van der Waals surface area contributed by atoms with E-state index >= 15 is 0 Å². The Bertz CT molecular complexity index is 769. The SMILES string of the molecule is Cc1cc(NC(=O)N2CCS(=O)C(C)(C)CC2)cc2[nH]ncc12. The van der Waals surface area contributed by atoms with Crippen LogP contribution in [0.5, 0.6) is 0 Å². The Hall–Kier alpha value is -1.89. The molecular weight excluding hydrogens is 312 g/mol. The highest BCUT2D eigenvalue weighted by molar-refractivity contribution is 7.86. The van der Waals surface area contributed by atoms with Gasteiger partial charge in [-0.3, -0.25) is 9.31 Å². The molecule has 2 amide bonds. The second-order valence-corrected chi connectivity index (χ2v) is 8.81. The third kappa shape index (κ3) is 3.24. The third-order valence-electron chi connectivity index (χ3n) is 4.45. The van der Waals surface area contributed by atoms with Crippen molar-refractivity contribution in [1.29, 1.82) is 0 Å². The van der Waals surface area contributed by atoms with Crippen LogP contribution in [0.2, 0.25) is 0 Å². The van der Waals surface area contributed by atoms with Crippen LogP contribution in [0, 0.1) is 6.92 Å². The van der Waals surface area contributed by atoms with Gasteiger partial charge in [0.2, 0.25) is 0 Å². The van der Waals surface area contributed by atoms with Gasteiger partial charge in [-0.1, -0.05) is 0 Å². The van der Waals surface area contributed by atoms with Gasteiger partial charge in [0.15, 0.2) is 0 Å². The van der Waals surface area contributed by atoms with Gasteiger partial charge < -0.3 is 10.2 Å². The topological polar surface area (TPSA) is 78.1 Å². The molecule has 23 heavy (non-hydrogen) atoms. The quantitative estimate of drug-likeness (QED) is 0.841. The maximum absolute atomic E-state index is 12.5. The van der Waals surface area contributed by atoms with Gasteiger partial charge in [0.25, 0.3) is 0 Å². The molecule has 0 spiro atoms. The van der Waals surface area contributed by atoms with Gasteiger partial charge in [0.1, 0.15) is 0 Å². The first kappa shape index (κ1) is 16.0. The van der Waals surface area contributed by atoms with Gasteiger partial charge in [-0.2, -0.15) is 5.10 Å². The molecule has 1 unspecified atom stereocenters. The molecular formula is C16H22N4O2S. The van der Waals surface area contributed by atoms with Crippen LogP contribution in [-0.2, 0) is 10.8 Å². The molecule has 3 rings (SSSR count). The summed E-state index contributed by atoms with van der Waals surface area (Å²) < 4.78 is 11.9. The number of anilines is 1. The minimum atomic E-state index is -0.903. The van der Waals surface area contributed by atoms with E-state index in [9.17, 15) is 9.00 Å². The zero-order chi connectivity index (χ0) is 16.6. The first-order chi connectivity index (χ1) is 10.9. The summed E-state index contributed by atoms with van der Waals surface area (Å²) in [4.78, 5) is 14.3. The average Bonchev–Trinajstić information content (AvgIpc) is 2.90. The molecule has 1 atom stereocenters. The second-order valence-electron chi connectivity index (χ2n) is 6.60. The second kappa shape index (κ2) is 5.96. The van der Waals surface area contributed by atoms with Crippen LogP contribution in [0.25, 0.3) is 10.9 Å². The van der Waals surface area contributed by atoms with Crippen LogP contribution in [0.15, 0.2) is 18.3 Å². The highest BCUT2D eigenvalue weighted by atomic mass is 32.2. The largest absolute Gasteiger partial charge is 0.324 e. The first-order valence-corrected chi connectivity index (χ1v) is 9.07. The Morgan fingerprint density at radius 1 is 1.39 bits per heavy atom. The van der Waals surface area contributed by atoms with Gasteiger partial charge in [0.05, 0.1) is 11.7 Å². The number of hydrogen-bond donors (Lipinski definition) is 2. The van der Waals surface area contributed by atoms with E-state index < -0.39 is 10.8 Å². The fourth-order valence-electron chi connectivity index (χ4n) is 2.81. The van der Waals surface area contributed by atoms with Gasteiger partial charge in [-0.15, -0.1) is 0 Å². The van der Waals surface area contributed by atoms with Crippen molar-refractivity contribution in [3.05, 3.63) is 23.9 Å². The van der Waals surface area contributed by atoms with Crippen LogP contribution >= 0.6 is 0 Å². The fraction of sp³-hybridized carbons (Fsp3) is 0.500. The summed E-state index contributed by atoms with van der Waals surface area (Å²) in [5, 5.41) is 10.9. The Kier molecular flexibility index (Phi) is 4.14. The Labute approximate surface area is 138 Å². The standard InChI is InChI=1S/C16H22N4O2S/c1-11-8-12(9-14-13(11)10-17-19-14)18-15(21)20-5-4-16(2,3)23(22)7-6-20/h8-10H,4-7H2,1-3H3,(H,17,19)(H,18,21). The van der Waals surface area contributed by atoms with Crippen molar-refractivity contribution >= 4 is 33.4 Å². The van der Waals surface area contributed by atoms with Gasteiger partial charge in [0, 0.05) is 45.5 Å². The number of urea groups is 1. The summed E-state index contributed by atoms with van der Waals surface area (Å²) in [5.74, 6) is 0.527. The predicted molar refractivity (Wildman–Crippen MR) is 93.1 cm³/mol. The van der Waals surface area contributed by atoms with Crippen molar-refractivity contribution < 1.29 is 9.00 Å². The fourth-order valence-corrected chi connectivity index (χ4v) is 4.06. The van der Waals surface area contributed by atoms with E-state index in [1.165, 1.54) is 0 Å². The summed E-state index contributed by atoms with van der Waals surface area (Å²) in [6, 6.07) is 3.68. The molecule has 1 aromatic carbocycles. The Morgan fingerprint density at radius 2 is 2.17 bits per heavy atom. The molecule has 0 aliphatic carbocycles. The maximum atomic E-state index is 12.5. The van der Waals surface area contributed by atoms with Crippen molar-refractivity contribution in [2.24, 2.45) is 0 Å². The Morgan fingerprint density at radius 3 is 2.96 bits per heavy atom.